The number of hydrogen-bond donors (Lipinski definition) is 1. The van der Waals surface area contributed by atoms with Gasteiger partial charge in [-0.1, -0.05) is 12.1 Å². The Hall–Kier alpha value is -2.05. The van der Waals surface area contributed by atoms with Crippen molar-refractivity contribution in [3.05, 3.63) is 53.1 Å². The van der Waals surface area contributed by atoms with Gasteiger partial charge in [0, 0.05) is 6.54 Å². The molecule has 2 rings (SSSR count). The van der Waals surface area contributed by atoms with E-state index in [9.17, 15) is 8.42 Å². The van der Waals surface area contributed by atoms with Crippen LogP contribution >= 0.6 is 0 Å². The van der Waals surface area contributed by atoms with Gasteiger partial charge in [-0.15, -0.1) is 0 Å². The molecule has 0 aliphatic carbocycles. The third kappa shape index (κ3) is 4.27. The monoisotopic (exact) mass is 349 g/mol. The molecule has 0 amide bonds. The average molecular weight is 349 g/mol. The number of hydrogen-bond acceptors (Lipinski definition) is 4. The van der Waals surface area contributed by atoms with E-state index in [0.717, 1.165) is 16.9 Å². The van der Waals surface area contributed by atoms with E-state index < -0.39 is 10.0 Å². The first kappa shape index (κ1) is 18.3. The number of rotatable bonds is 7. The van der Waals surface area contributed by atoms with Gasteiger partial charge >= 0.3 is 0 Å². The smallest absolute Gasteiger partial charge is 0.240 e. The first-order chi connectivity index (χ1) is 11.4. The van der Waals surface area contributed by atoms with Gasteiger partial charge in [0.2, 0.25) is 10.0 Å². The predicted molar refractivity (Wildman–Crippen MR) is 94.4 cm³/mol. The van der Waals surface area contributed by atoms with Crippen molar-refractivity contribution in [3.63, 3.8) is 0 Å². The van der Waals surface area contributed by atoms with E-state index in [-0.39, 0.29) is 4.90 Å². The molecule has 0 aromatic heterocycles. The highest BCUT2D eigenvalue weighted by molar-refractivity contribution is 7.89. The first-order valence-electron chi connectivity index (χ1n) is 7.65. The summed E-state index contributed by atoms with van der Waals surface area (Å²) in [5.74, 6) is 1.47. The largest absolute Gasteiger partial charge is 0.497 e. The number of methoxy groups -OCH3 is 2. The van der Waals surface area contributed by atoms with Gasteiger partial charge in [-0.2, -0.15) is 0 Å². The standard InChI is InChI=1S/C18H23NO4S/c1-13-12-18(14(2)11-17(13)23-4)24(20,21)19-10-9-15-5-7-16(22-3)8-6-15/h5-8,11-12,19H,9-10H2,1-4H3. The van der Waals surface area contributed by atoms with Crippen molar-refractivity contribution in [2.24, 2.45) is 0 Å². The molecule has 6 heteroatoms. The lowest BCUT2D eigenvalue weighted by molar-refractivity contribution is 0.411. The Morgan fingerprint density at radius 2 is 1.62 bits per heavy atom. The van der Waals surface area contributed by atoms with Gasteiger partial charge in [-0.25, -0.2) is 13.1 Å². The third-order valence-corrected chi connectivity index (χ3v) is 5.45. The molecule has 2 aromatic carbocycles. The molecule has 0 aliphatic rings. The lowest BCUT2D eigenvalue weighted by Gasteiger charge is -2.13. The zero-order chi connectivity index (χ0) is 17.7. The molecule has 0 heterocycles. The van der Waals surface area contributed by atoms with Gasteiger partial charge < -0.3 is 9.47 Å². The van der Waals surface area contributed by atoms with Crippen molar-refractivity contribution in [1.29, 1.82) is 0 Å². The number of nitrogens with one attached hydrogen (secondary N) is 1. The normalized spacial score (nSPS) is 11.3. The molecule has 5 nitrogen and oxygen atoms in total. The molecule has 0 bridgehead atoms. The predicted octanol–water partition coefficient (Wildman–Crippen LogP) is 2.84. The Labute approximate surface area is 143 Å². The fourth-order valence-electron chi connectivity index (χ4n) is 2.47. The Morgan fingerprint density at radius 3 is 2.21 bits per heavy atom. The second-order valence-corrected chi connectivity index (χ2v) is 7.32. The van der Waals surface area contributed by atoms with Crippen LogP contribution in [-0.2, 0) is 16.4 Å². The highest BCUT2D eigenvalue weighted by Crippen LogP contribution is 2.25. The minimum atomic E-state index is -3.55. The van der Waals surface area contributed by atoms with E-state index in [4.69, 9.17) is 9.47 Å². The lowest BCUT2D eigenvalue weighted by atomic mass is 10.1. The summed E-state index contributed by atoms with van der Waals surface area (Å²) in [6, 6.07) is 11.0. The topological polar surface area (TPSA) is 64.6 Å². The molecule has 0 saturated carbocycles. The maximum Gasteiger partial charge on any atom is 0.240 e. The molecule has 130 valence electrons. The summed E-state index contributed by atoms with van der Waals surface area (Å²) in [7, 11) is -0.366. The number of aryl methyl sites for hydroxylation is 2. The SMILES string of the molecule is COc1ccc(CCNS(=O)(=O)c2cc(C)c(OC)cc2C)cc1. The third-order valence-electron chi connectivity index (χ3n) is 3.85. The summed E-state index contributed by atoms with van der Waals surface area (Å²) < 4.78 is 38.0. The van der Waals surface area contributed by atoms with Crippen LogP contribution in [0, 0.1) is 13.8 Å². The van der Waals surface area contributed by atoms with Crippen LogP contribution in [0.25, 0.3) is 0 Å². The molecule has 0 unspecified atom stereocenters. The van der Waals surface area contributed by atoms with Crippen molar-refractivity contribution in [2.75, 3.05) is 20.8 Å². The molecule has 1 N–H and O–H groups in total. The zero-order valence-electron chi connectivity index (χ0n) is 14.4. The van der Waals surface area contributed by atoms with Crippen molar-refractivity contribution in [1.82, 2.24) is 4.72 Å². The van der Waals surface area contributed by atoms with Crippen LogP contribution in [0.3, 0.4) is 0 Å². The van der Waals surface area contributed by atoms with Crippen molar-refractivity contribution >= 4 is 10.0 Å². The highest BCUT2D eigenvalue weighted by Gasteiger charge is 2.18. The maximum absolute atomic E-state index is 12.5. The number of sulfonamides is 1. The summed E-state index contributed by atoms with van der Waals surface area (Å²) in [6.07, 6.45) is 0.609. The molecule has 0 aliphatic heterocycles. The van der Waals surface area contributed by atoms with Gasteiger partial charge in [0.05, 0.1) is 19.1 Å². The molecular formula is C18H23NO4S. The summed E-state index contributed by atoms with van der Waals surface area (Å²) in [4.78, 5) is 0.288. The van der Waals surface area contributed by atoms with E-state index in [1.165, 1.54) is 0 Å². The molecule has 0 fully saturated rings. The molecule has 0 spiro atoms. The van der Waals surface area contributed by atoms with Crippen molar-refractivity contribution < 1.29 is 17.9 Å². The van der Waals surface area contributed by atoms with E-state index >= 15 is 0 Å². The molecule has 2 aromatic rings. The van der Waals surface area contributed by atoms with E-state index in [2.05, 4.69) is 4.72 Å². The maximum atomic E-state index is 12.5. The van der Waals surface area contributed by atoms with Crippen LogP contribution in [0.2, 0.25) is 0 Å². The van der Waals surface area contributed by atoms with Gasteiger partial charge in [0.15, 0.2) is 0 Å². The Kier molecular flexibility index (Phi) is 5.85. The molecule has 24 heavy (non-hydrogen) atoms. The Balaban J connectivity index is 2.07. The molecule has 0 saturated heterocycles. The van der Waals surface area contributed by atoms with Gasteiger partial charge in [0.1, 0.15) is 11.5 Å². The second-order valence-electron chi connectivity index (χ2n) is 5.58. The van der Waals surface area contributed by atoms with Gasteiger partial charge in [0.25, 0.3) is 0 Å². The van der Waals surface area contributed by atoms with Crippen LogP contribution < -0.4 is 14.2 Å². The fraction of sp³-hybridized carbons (Fsp3) is 0.333. The molecular weight excluding hydrogens is 326 g/mol. The summed E-state index contributed by atoms with van der Waals surface area (Å²) in [5, 5.41) is 0. The minimum Gasteiger partial charge on any atom is -0.497 e. The van der Waals surface area contributed by atoms with Crippen molar-refractivity contribution in [3.8, 4) is 11.5 Å². The van der Waals surface area contributed by atoms with Crippen molar-refractivity contribution in [2.45, 2.75) is 25.2 Å². The van der Waals surface area contributed by atoms with Crippen LogP contribution in [0.1, 0.15) is 16.7 Å². The molecule has 0 radical (unpaired) electrons. The van der Waals surface area contributed by atoms with Crippen LogP contribution in [0.4, 0.5) is 0 Å². The Bertz CT molecular complexity index is 799. The van der Waals surface area contributed by atoms with Crippen LogP contribution in [0.5, 0.6) is 11.5 Å². The van der Waals surface area contributed by atoms with Gasteiger partial charge in [-0.3, -0.25) is 0 Å². The van der Waals surface area contributed by atoms with Crippen LogP contribution in [0.15, 0.2) is 41.3 Å². The summed E-state index contributed by atoms with van der Waals surface area (Å²) in [5.41, 5.74) is 2.49. The first-order valence-corrected chi connectivity index (χ1v) is 9.13. The quantitative estimate of drug-likeness (QED) is 0.835. The average Bonchev–Trinajstić information content (AvgIpc) is 2.57. The lowest BCUT2D eigenvalue weighted by Crippen LogP contribution is -2.26. The summed E-state index contributed by atoms with van der Waals surface area (Å²) in [6.45, 7) is 3.92. The summed E-state index contributed by atoms with van der Waals surface area (Å²) >= 11 is 0. The number of ether oxygens (including phenoxy) is 2. The van der Waals surface area contributed by atoms with Gasteiger partial charge in [-0.05, 0) is 61.2 Å². The molecule has 0 atom stereocenters. The Morgan fingerprint density at radius 1 is 0.958 bits per heavy atom. The van der Waals surface area contributed by atoms with E-state index in [0.29, 0.717) is 24.3 Å². The van der Waals surface area contributed by atoms with Crippen LogP contribution in [-0.4, -0.2) is 29.2 Å². The highest BCUT2D eigenvalue weighted by atomic mass is 32.2. The number of benzene rings is 2. The minimum absolute atomic E-state index is 0.288. The zero-order valence-corrected chi connectivity index (χ0v) is 15.2. The fourth-order valence-corrected chi connectivity index (χ4v) is 3.81. The van der Waals surface area contributed by atoms with E-state index in [1.807, 2.05) is 31.2 Å². The van der Waals surface area contributed by atoms with E-state index in [1.54, 1.807) is 33.3 Å². The second kappa shape index (κ2) is 7.68.